The van der Waals surface area contributed by atoms with Crippen LogP contribution in [0.15, 0.2) is 0 Å². The van der Waals surface area contributed by atoms with Crippen LogP contribution in [0.25, 0.3) is 0 Å². The van der Waals surface area contributed by atoms with Crippen LogP contribution in [-0.4, -0.2) is 48.7 Å². The Hall–Kier alpha value is -1.46. The fourth-order valence-electron chi connectivity index (χ4n) is 5.97. The zero-order valence-electron chi connectivity index (χ0n) is 16.1. The minimum Gasteiger partial charge on any atom is -0.338 e. The molecule has 6 heteroatoms. The summed E-state index contributed by atoms with van der Waals surface area (Å²) in [5, 5.41) is 9.47. The molecule has 1 heterocycles. The van der Waals surface area contributed by atoms with Gasteiger partial charge in [0.05, 0.1) is 5.54 Å². The van der Waals surface area contributed by atoms with Gasteiger partial charge in [0, 0.05) is 26.2 Å². The molecule has 0 aromatic rings. The molecule has 4 aliphatic rings. The lowest BCUT2D eigenvalue weighted by Crippen LogP contribution is -2.74. The van der Waals surface area contributed by atoms with Crippen molar-refractivity contribution in [2.75, 3.05) is 26.2 Å². The standard InChI is InChI=1S/C20H34N4O2/c1-2-3-8-21-19(26)24-9-6-14(7-10-24)13-22-18(25)23-20-15-4-5-16(20)12-17(20)11-15/h14-17H,2-13H2,1H3,(H,21,26)(H2,22,23,25)/t15-,16?,17?,20?/m1/s1. The van der Waals surface area contributed by atoms with E-state index in [0.29, 0.717) is 5.92 Å². The molecular formula is C20H34N4O2. The molecule has 1 aliphatic heterocycles. The Morgan fingerprint density at radius 3 is 2.31 bits per heavy atom. The highest BCUT2D eigenvalue weighted by molar-refractivity contribution is 5.76. The summed E-state index contributed by atoms with van der Waals surface area (Å²) in [6.45, 7) is 5.21. The normalized spacial score (nSPS) is 35.1. The molecule has 0 aromatic heterocycles. The van der Waals surface area contributed by atoms with Gasteiger partial charge in [-0.1, -0.05) is 13.3 Å². The lowest BCUT2D eigenvalue weighted by molar-refractivity contribution is -0.0930. The second-order valence-electron chi connectivity index (χ2n) is 8.92. The van der Waals surface area contributed by atoms with Crippen LogP contribution in [0.3, 0.4) is 0 Å². The molecule has 3 N–H and O–H groups in total. The summed E-state index contributed by atoms with van der Waals surface area (Å²) < 4.78 is 0. The Kier molecular flexibility index (Phi) is 5.02. The van der Waals surface area contributed by atoms with Crippen LogP contribution in [0.2, 0.25) is 0 Å². The maximum absolute atomic E-state index is 12.4. The van der Waals surface area contributed by atoms with Crippen molar-refractivity contribution in [2.45, 2.75) is 63.8 Å². The molecule has 4 rings (SSSR count). The van der Waals surface area contributed by atoms with E-state index in [0.717, 1.165) is 69.6 Å². The largest absolute Gasteiger partial charge is 0.338 e. The van der Waals surface area contributed by atoms with E-state index in [1.807, 2.05) is 4.90 Å². The van der Waals surface area contributed by atoms with E-state index in [2.05, 4.69) is 22.9 Å². The number of nitrogens with one attached hydrogen (secondary N) is 3. The fraction of sp³-hybridized carbons (Fsp3) is 0.900. The number of urea groups is 2. The van der Waals surface area contributed by atoms with Gasteiger partial charge in [0.25, 0.3) is 0 Å². The van der Waals surface area contributed by atoms with Crippen molar-refractivity contribution >= 4 is 12.1 Å². The molecule has 0 spiro atoms. The molecule has 0 radical (unpaired) electrons. The van der Waals surface area contributed by atoms with Gasteiger partial charge in [-0.3, -0.25) is 0 Å². The van der Waals surface area contributed by atoms with Gasteiger partial charge in [-0.15, -0.1) is 0 Å². The smallest absolute Gasteiger partial charge is 0.317 e. The molecule has 1 saturated heterocycles. The summed E-state index contributed by atoms with van der Waals surface area (Å²) in [6, 6.07) is 0.101. The van der Waals surface area contributed by atoms with E-state index in [9.17, 15) is 9.59 Å². The molecular weight excluding hydrogens is 328 g/mol. The number of carbonyl (C=O) groups is 2. The zero-order valence-corrected chi connectivity index (χ0v) is 16.1. The maximum atomic E-state index is 12.4. The van der Waals surface area contributed by atoms with E-state index in [1.165, 1.54) is 25.7 Å². The van der Waals surface area contributed by atoms with Crippen molar-refractivity contribution in [2.24, 2.45) is 23.7 Å². The second kappa shape index (κ2) is 7.28. The monoisotopic (exact) mass is 362 g/mol. The summed E-state index contributed by atoms with van der Waals surface area (Å²) in [5.74, 6) is 2.71. The third kappa shape index (κ3) is 3.05. The van der Waals surface area contributed by atoms with Crippen molar-refractivity contribution < 1.29 is 9.59 Å². The van der Waals surface area contributed by atoms with E-state index in [-0.39, 0.29) is 17.6 Å². The number of hydrogen-bond donors (Lipinski definition) is 3. The topological polar surface area (TPSA) is 73.5 Å². The summed E-state index contributed by atoms with van der Waals surface area (Å²) in [7, 11) is 0. The minimum atomic E-state index is 0.0334. The first-order valence-corrected chi connectivity index (χ1v) is 10.7. The lowest BCUT2D eigenvalue weighted by atomic mass is 9.46. The van der Waals surface area contributed by atoms with Crippen molar-refractivity contribution in [1.82, 2.24) is 20.9 Å². The highest BCUT2D eigenvalue weighted by Crippen LogP contribution is 2.68. The van der Waals surface area contributed by atoms with Gasteiger partial charge < -0.3 is 20.9 Å². The molecule has 6 nitrogen and oxygen atoms in total. The van der Waals surface area contributed by atoms with Crippen LogP contribution < -0.4 is 16.0 Å². The minimum absolute atomic E-state index is 0.0334. The van der Waals surface area contributed by atoms with Gasteiger partial charge in [0.1, 0.15) is 0 Å². The van der Waals surface area contributed by atoms with Crippen LogP contribution in [0.4, 0.5) is 9.59 Å². The predicted octanol–water partition coefficient (Wildman–Crippen LogP) is 2.70. The Bertz CT molecular complexity index is 526. The van der Waals surface area contributed by atoms with Crippen LogP contribution in [0, 0.1) is 23.7 Å². The SMILES string of the molecule is CCCCNC(=O)N1CCC(CNC(=O)NC23C4CC[C@@H]2CC3C4)CC1. The summed E-state index contributed by atoms with van der Waals surface area (Å²) in [6.07, 6.45) is 9.34. The first-order chi connectivity index (χ1) is 12.6. The molecule has 4 fully saturated rings. The molecule has 3 aliphatic carbocycles. The maximum Gasteiger partial charge on any atom is 0.317 e. The Morgan fingerprint density at radius 1 is 1.00 bits per heavy atom. The highest BCUT2D eigenvalue weighted by atomic mass is 16.2. The van der Waals surface area contributed by atoms with Gasteiger partial charge in [0.15, 0.2) is 0 Å². The van der Waals surface area contributed by atoms with Gasteiger partial charge in [0.2, 0.25) is 0 Å². The van der Waals surface area contributed by atoms with Gasteiger partial charge in [-0.25, -0.2) is 9.59 Å². The summed E-state index contributed by atoms with van der Waals surface area (Å²) in [4.78, 5) is 26.4. The molecule has 0 aromatic carbocycles. The average Bonchev–Trinajstić information content (AvgIpc) is 2.84. The summed E-state index contributed by atoms with van der Waals surface area (Å²) >= 11 is 0. The van der Waals surface area contributed by atoms with Crippen LogP contribution in [-0.2, 0) is 0 Å². The van der Waals surface area contributed by atoms with Crippen LogP contribution in [0.5, 0.6) is 0 Å². The average molecular weight is 363 g/mol. The molecule has 3 saturated carbocycles. The lowest BCUT2D eigenvalue weighted by Gasteiger charge is -2.64. The first-order valence-electron chi connectivity index (χ1n) is 10.7. The molecule has 4 amide bonds. The van der Waals surface area contributed by atoms with Crippen LogP contribution >= 0.6 is 0 Å². The van der Waals surface area contributed by atoms with E-state index >= 15 is 0 Å². The van der Waals surface area contributed by atoms with E-state index in [1.54, 1.807) is 0 Å². The molecule has 0 bridgehead atoms. The van der Waals surface area contributed by atoms with Gasteiger partial charge >= 0.3 is 12.1 Å². The number of likely N-dealkylation sites (tertiary alicyclic amines) is 1. The van der Waals surface area contributed by atoms with Crippen LogP contribution in [0.1, 0.15) is 58.3 Å². The first kappa shape index (κ1) is 17.9. The van der Waals surface area contributed by atoms with Crippen molar-refractivity contribution in [3.8, 4) is 0 Å². The van der Waals surface area contributed by atoms with E-state index < -0.39 is 0 Å². The Balaban J connectivity index is 1.14. The third-order valence-electron chi connectivity index (χ3n) is 7.62. The van der Waals surface area contributed by atoms with Crippen molar-refractivity contribution in [3.05, 3.63) is 0 Å². The highest BCUT2D eigenvalue weighted by Gasteiger charge is 2.69. The summed E-state index contributed by atoms with van der Waals surface area (Å²) in [5.41, 5.74) is 0.171. The number of unbranched alkanes of at least 4 members (excludes halogenated alkanes) is 1. The number of rotatable bonds is 6. The second-order valence-corrected chi connectivity index (χ2v) is 8.92. The number of hydrogen-bond acceptors (Lipinski definition) is 2. The number of nitrogens with zero attached hydrogens (tertiary/aromatic N) is 1. The zero-order chi connectivity index (χ0) is 18.1. The molecule has 4 atom stereocenters. The number of piperidine rings is 1. The van der Waals surface area contributed by atoms with Gasteiger partial charge in [-0.2, -0.15) is 0 Å². The van der Waals surface area contributed by atoms with Crippen molar-refractivity contribution in [3.63, 3.8) is 0 Å². The predicted molar refractivity (Wildman–Crippen MR) is 101 cm³/mol. The molecule has 146 valence electrons. The fourth-order valence-corrected chi connectivity index (χ4v) is 5.97. The third-order valence-corrected chi connectivity index (χ3v) is 7.62. The van der Waals surface area contributed by atoms with Crippen molar-refractivity contribution in [1.29, 1.82) is 0 Å². The Morgan fingerprint density at radius 2 is 1.69 bits per heavy atom. The quantitative estimate of drug-likeness (QED) is 0.636. The molecule has 26 heavy (non-hydrogen) atoms. The van der Waals surface area contributed by atoms with Gasteiger partial charge in [-0.05, 0) is 68.6 Å². The molecule has 3 unspecified atom stereocenters. The number of amides is 4. The number of carbonyl (C=O) groups excluding carboxylic acids is 2. The van der Waals surface area contributed by atoms with E-state index in [4.69, 9.17) is 0 Å². The Labute approximate surface area is 156 Å².